The molecule has 11 heteroatoms. The first-order valence-electron chi connectivity index (χ1n) is 7.34. The summed E-state index contributed by atoms with van der Waals surface area (Å²) >= 11 is 3.38. The van der Waals surface area contributed by atoms with Gasteiger partial charge in [0.2, 0.25) is 0 Å². The maximum atomic E-state index is 12.1. The molecular weight excluding hydrogens is 542 g/mol. The number of aliphatic imine (C=N–C) groups is 1. The van der Waals surface area contributed by atoms with E-state index in [4.69, 9.17) is 5.73 Å². The molecule has 0 aliphatic heterocycles. The van der Waals surface area contributed by atoms with Gasteiger partial charge in [-0.3, -0.25) is 0 Å². The molecule has 0 amide bonds. The summed E-state index contributed by atoms with van der Waals surface area (Å²) in [7, 11) is 0. The van der Waals surface area contributed by atoms with Gasteiger partial charge >= 0.3 is 6.36 Å². The van der Waals surface area contributed by atoms with E-state index in [2.05, 4.69) is 36.0 Å². The number of aromatic nitrogens is 2. The molecule has 0 fully saturated rings. The lowest BCUT2D eigenvalue weighted by atomic mass is 10.3. The van der Waals surface area contributed by atoms with E-state index in [1.54, 1.807) is 0 Å². The van der Waals surface area contributed by atoms with Crippen molar-refractivity contribution in [3.63, 3.8) is 0 Å². The Morgan fingerprint density at radius 2 is 1.89 bits per heavy atom. The Balaban J connectivity index is 0.00000261. The number of nitrogens with two attached hydrogens (primary N) is 1. The fraction of sp³-hybridized carbons (Fsp3) is 0.125. The topological polar surface area (TPSA) is 76.9 Å². The van der Waals surface area contributed by atoms with Crippen LogP contribution >= 0.6 is 39.9 Å². The number of anilines is 1. The second-order valence-corrected chi connectivity index (χ2v) is 6.16. The highest BCUT2D eigenvalue weighted by Crippen LogP contribution is 2.23. The third kappa shape index (κ3) is 6.27. The van der Waals surface area contributed by atoms with Crippen molar-refractivity contribution >= 4 is 57.2 Å². The van der Waals surface area contributed by atoms with Crippen molar-refractivity contribution in [2.24, 2.45) is 10.7 Å². The van der Waals surface area contributed by atoms with E-state index < -0.39 is 6.36 Å². The molecule has 3 N–H and O–H groups in total. The van der Waals surface area contributed by atoms with Crippen LogP contribution in [0.4, 0.5) is 18.9 Å². The summed E-state index contributed by atoms with van der Waals surface area (Å²) in [4.78, 5) is 8.58. The lowest BCUT2D eigenvalue weighted by Gasteiger charge is -2.10. The number of hydrogen-bond acceptors (Lipinski definition) is 3. The summed E-state index contributed by atoms with van der Waals surface area (Å²) in [5, 5.41) is 2.79. The number of benzene rings is 1. The van der Waals surface area contributed by atoms with E-state index in [1.165, 1.54) is 24.3 Å². The van der Waals surface area contributed by atoms with Crippen molar-refractivity contribution < 1.29 is 17.9 Å². The fourth-order valence-corrected chi connectivity index (χ4v) is 2.54. The fourth-order valence-electron chi connectivity index (χ4n) is 2.19. The molecule has 1 aromatic carbocycles. The average Bonchev–Trinajstić information content (AvgIpc) is 2.95. The van der Waals surface area contributed by atoms with Crippen LogP contribution in [0.3, 0.4) is 0 Å². The van der Waals surface area contributed by atoms with Gasteiger partial charge in [0.15, 0.2) is 5.96 Å². The highest BCUT2D eigenvalue weighted by Gasteiger charge is 2.30. The SMILES string of the molecule is I.NC(=NCc1cn2cc(Br)ccc2n1)Nc1ccc(OC(F)(F)F)cc1. The summed E-state index contributed by atoms with van der Waals surface area (Å²) in [6.45, 7) is 0.257. The number of nitrogens with one attached hydrogen (secondary N) is 1. The van der Waals surface area contributed by atoms with Gasteiger partial charge in [0, 0.05) is 22.6 Å². The molecule has 3 aromatic rings. The van der Waals surface area contributed by atoms with Gasteiger partial charge in [-0.1, -0.05) is 0 Å². The van der Waals surface area contributed by atoms with E-state index in [0.29, 0.717) is 5.69 Å². The van der Waals surface area contributed by atoms with E-state index in [-0.39, 0.29) is 42.2 Å². The van der Waals surface area contributed by atoms with Crippen LogP contribution in [-0.4, -0.2) is 21.7 Å². The molecule has 0 unspecified atom stereocenters. The Morgan fingerprint density at radius 1 is 1.19 bits per heavy atom. The van der Waals surface area contributed by atoms with Crippen LogP contribution in [0.5, 0.6) is 5.75 Å². The van der Waals surface area contributed by atoms with Crippen LogP contribution in [0.15, 0.2) is 58.3 Å². The molecular formula is C16H14BrF3IN5O. The molecule has 0 saturated carbocycles. The molecule has 0 aliphatic carbocycles. The molecule has 144 valence electrons. The Labute approximate surface area is 177 Å². The first-order chi connectivity index (χ1) is 12.3. The van der Waals surface area contributed by atoms with Gasteiger partial charge < -0.3 is 20.2 Å². The van der Waals surface area contributed by atoms with Gasteiger partial charge in [-0.25, -0.2) is 9.98 Å². The van der Waals surface area contributed by atoms with Crippen molar-refractivity contribution in [3.05, 3.63) is 59.0 Å². The molecule has 0 saturated heterocycles. The summed E-state index contributed by atoms with van der Waals surface area (Å²) in [5.74, 6) is -0.192. The third-order valence-electron chi connectivity index (χ3n) is 3.24. The first kappa shape index (κ1) is 21.3. The molecule has 0 aliphatic rings. The Kier molecular flexibility index (Phi) is 6.92. The van der Waals surface area contributed by atoms with Crippen molar-refractivity contribution in [2.75, 3.05) is 5.32 Å². The molecule has 0 radical (unpaired) electrons. The predicted molar refractivity (Wildman–Crippen MR) is 110 cm³/mol. The normalized spacial score (nSPS) is 11.9. The molecule has 2 heterocycles. The van der Waals surface area contributed by atoms with Crippen LogP contribution in [0.1, 0.15) is 5.69 Å². The number of hydrogen-bond donors (Lipinski definition) is 2. The van der Waals surface area contributed by atoms with Crippen molar-refractivity contribution in [1.82, 2.24) is 9.38 Å². The number of imidazole rings is 1. The Morgan fingerprint density at radius 3 is 2.56 bits per heavy atom. The lowest BCUT2D eigenvalue weighted by molar-refractivity contribution is -0.274. The zero-order valence-corrected chi connectivity index (χ0v) is 17.5. The number of alkyl halides is 3. The number of halogens is 5. The molecule has 0 spiro atoms. The van der Waals surface area contributed by atoms with Gasteiger partial charge in [-0.05, 0) is 52.3 Å². The van der Waals surface area contributed by atoms with Crippen LogP contribution in [0.2, 0.25) is 0 Å². The molecule has 0 bridgehead atoms. The maximum Gasteiger partial charge on any atom is 0.573 e. The largest absolute Gasteiger partial charge is 0.573 e. The molecule has 3 rings (SSSR count). The second kappa shape index (κ2) is 8.78. The molecule has 2 aromatic heterocycles. The van der Waals surface area contributed by atoms with Crippen LogP contribution in [0.25, 0.3) is 5.65 Å². The predicted octanol–water partition coefficient (Wildman–Crippen LogP) is 4.54. The third-order valence-corrected chi connectivity index (χ3v) is 3.71. The number of pyridine rings is 1. The lowest BCUT2D eigenvalue weighted by Crippen LogP contribution is -2.22. The highest BCUT2D eigenvalue weighted by molar-refractivity contribution is 14.0. The van der Waals surface area contributed by atoms with Gasteiger partial charge in [0.1, 0.15) is 11.4 Å². The van der Waals surface area contributed by atoms with Crippen LogP contribution in [-0.2, 0) is 6.54 Å². The second-order valence-electron chi connectivity index (χ2n) is 5.24. The standard InChI is InChI=1S/C16H13BrF3N5O.HI/c17-10-1-6-14-23-12(9-25(14)8-10)7-22-15(21)24-11-2-4-13(5-3-11)26-16(18,19)20;/h1-6,8-9H,7H2,(H3,21,22,24);1H. The zero-order chi connectivity index (χ0) is 18.7. The van der Waals surface area contributed by atoms with Gasteiger partial charge in [-0.15, -0.1) is 37.1 Å². The van der Waals surface area contributed by atoms with Gasteiger partial charge in [0.25, 0.3) is 0 Å². The molecule has 27 heavy (non-hydrogen) atoms. The van der Waals surface area contributed by atoms with E-state index in [1.807, 2.05) is 28.9 Å². The maximum absolute atomic E-state index is 12.1. The Bertz CT molecular complexity index is 943. The zero-order valence-electron chi connectivity index (χ0n) is 13.6. The number of rotatable bonds is 4. The monoisotopic (exact) mass is 555 g/mol. The highest BCUT2D eigenvalue weighted by atomic mass is 127. The smallest absolute Gasteiger partial charge is 0.406 e. The van der Waals surface area contributed by atoms with Crippen LogP contribution in [0, 0.1) is 0 Å². The number of fused-ring (bicyclic) bond motifs is 1. The number of ether oxygens (including phenoxy) is 1. The summed E-state index contributed by atoms with van der Waals surface area (Å²) in [5.41, 5.74) is 7.79. The average molecular weight is 556 g/mol. The molecule has 6 nitrogen and oxygen atoms in total. The molecule has 0 atom stereocenters. The summed E-state index contributed by atoms with van der Waals surface area (Å²) < 4.78 is 43.0. The van der Waals surface area contributed by atoms with E-state index in [9.17, 15) is 13.2 Å². The van der Waals surface area contributed by atoms with Gasteiger partial charge in [-0.2, -0.15) is 0 Å². The van der Waals surface area contributed by atoms with Crippen molar-refractivity contribution in [1.29, 1.82) is 0 Å². The minimum absolute atomic E-state index is 0. The van der Waals surface area contributed by atoms with Gasteiger partial charge in [0.05, 0.1) is 12.2 Å². The quantitative estimate of drug-likeness (QED) is 0.281. The van der Waals surface area contributed by atoms with E-state index in [0.717, 1.165) is 15.8 Å². The van der Waals surface area contributed by atoms with Crippen molar-refractivity contribution in [3.8, 4) is 5.75 Å². The Hall–Kier alpha value is -2.02. The number of nitrogens with zero attached hydrogens (tertiary/aromatic N) is 3. The minimum Gasteiger partial charge on any atom is -0.406 e. The van der Waals surface area contributed by atoms with Crippen molar-refractivity contribution in [2.45, 2.75) is 12.9 Å². The van der Waals surface area contributed by atoms with Crippen LogP contribution < -0.4 is 15.8 Å². The van der Waals surface area contributed by atoms with E-state index >= 15 is 0 Å². The first-order valence-corrected chi connectivity index (χ1v) is 8.14. The number of guanidine groups is 1. The summed E-state index contributed by atoms with van der Waals surface area (Å²) in [6, 6.07) is 8.94. The minimum atomic E-state index is -4.72. The summed E-state index contributed by atoms with van der Waals surface area (Å²) in [6.07, 6.45) is -1.01.